The molecule has 0 fully saturated rings. The van der Waals surface area contributed by atoms with Gasteiger partial charge in [-0.05, 0) is 13.0 Å². The molecule has 0 aliphatic heterocycles. The number of rotatable bonds is 8. The number of nitrogens with one attached hydrogen (secondary N) is 1. The van der Waals surface area contributed by atoms with Crippen LogP contribution in [0, 0.1) is 5.82 Å². The summed E-state index contributed by atoms with van der Waals surface area (Å²) >= 11 is 0. The van der Waals surface area contributed by atoms with Crippen molar-refractivity contribution < 1.29 is 19.0 Å². The van der Waals surface area contributed by atoms with E-state index in [4.69, 9.17) is 9.47 Å². The molecule has 0 aromatic heterocycles. The Kier molecular flexibility index (Phi) is 6.21. The van der Waals surface area contributed by atoms with E-state index in [0.717, 1.165) is 0 Å². The molecule has 1 rings (SSSR count). The molecular formula is C14H22FNO3. The minimum atomic E-state index is -0.862. The first-order chi connectivity index (χ1) is 8.98. The number of halogens is 1. The van der Waals surface area contributed by atoms with Gasteiger partial charge in [0.2, 0.25) is 0 Å². The highest BCUT2D eigenvalue weighted by Crippen LogP contribution is 2.16. The molecule has 1 atom stereocenters. The molecule has 0 saturated carbocycles. The standard InChI is InChI=1S/C14H22FNO3/c1-14(17,6-7-18-2)10-16-9-11-4-5-12(19-3)8-13(11)15/h4-5,8,16-17H,6-7,9-10H2,1-3H3. The van der Waals surface area contributed by atoms with Crippen molar-refractivity contribution in [2.24, 2.45) is 0 Å². The SMILES string of the molecule is COCCC(C)(O)CNCc1ccc(OC)cc1F. The van der Waals surface area contributed by atoms with Crippen molar-refractivity contribution in [2.75, 3.05) is 27.4 Å². The van der Waals surface area contributed by atoms with Crippen molar-refractivity contribution in [1.82, 2.24) is 5.32 Å². The summed E-state index contributed by atoms with van der Waals surface area (Å²) in [5, 5.41) is 13.1. The zero-order valence-corrected chi connectivity index (χ0v) is 11.7. The Bertz CT molecular complexity index is 396. The maximum absolute atomic E-state index is 13.7. The molecule has 1 aromatic rings. The lowest BCUT2D eigenvalue weighted by atomic mass is 10.0. The summed E-state index contributed by atoms with van der Waals surface area (Å²) in [6.07, 6.45) is 0.529. The fraction of sp³-hybridized carbons (Fsp3) is 0.571. The summed E-state index contributed by atoms with van der Waals surface area (Å²) in [6.45, 7) is 2.95. The summed E-state index contributed by atoms with van der Waals surface area (Å²) in [4.78, 5) is 0. The third kappa shape index (κ3) is 5.55. The molecule has 1 unspecified atom stereocenters. The smallest absolute Gasteiger partial charge is 0.131 e. The number of benzene rings is 1. The zero-order chi connectivity index (χ0) is 14.3. The average Bonchev–Trinajstić information content (AvgIpc) is 2.38. The van der Waals surface area contributed by atoms with Crippen molar-refractivity contribution in [3.63, 3.8) is 0 Å². The van der Waals surface area contributed by atoms with Gasteiger partial charge in [-0.2, -0.15) is 0 Å². The van der Waals surface area contributed by atoms with Crippen molar-refractivity contribution in [2.45, 2.75) is 25.5 Å². The topological polar surface area (TPSA) is 50.7 Å². The van der Waals surface area contributed by atoms with Crippen LogP contribution in [0.15, 0.2) is 18.2 Å². The molecule has 0 spiro atoms. The molecule has 0 radical (unpaired) electrons. The summed E-state index contributed by atoms with van der Waals surface area (Å²) in [5.74, 6) is 0.178. The quantitative estimate of drug-likeness (QED) is 0.756. The molecule has 0 saturated heterocycles. The first-order valence-corrected chi connectivity index (χ1v) is 6.23. The fourth-order valence-electron chi connectivity index (χ4n) is 1.68. The maximum Gasteiger partial charge on any atom is 0.131 e. The van der Waals surface area contributed by atoms with E-state index >= 15 is 0 Å². The second-order valence-electron chi connectivity index (χ2n) is 4.80. The summed E-state index contributed by atoms with van der Waals surface area (Å²) < 4.78 is 23.5. The van der Waals surface area contributed by atoms with E-state index in [0.29, 0.717) is 37.4 Å². The van der Waals surface area contributed by atoms with Gasteiger partial charge in [-0.15, -0.1) is 0 Å². The highest BCUT2D eigenvalue weighted by atomic mass is 19.1. The lowest BCUT2D eigenvalue weighted by Gasteiger charge is -2.23. The highest BCUT2D eigenvalue weighted by molar-refractivity contribution is 5.28. The molecule has 0 aliphatic carbocycles. The van der Waals surface area contributed by atoms with Crippen molar-refractivity contribution in [3.05, 3.63) is 29.6 Å². The minimum absolute atomic E-state index is 0.316. The second-order valence-corrected chi connectivity index (χ2v) is 4.80. The van der Waals surface area contributed by atoms with Crippen LogP contribution in [0.4, 0.5) is 4.39 Å². The first kappa shape index (κ1) is 15.9. The Morgan fingerprint density at radius 1 is 1.37 bits per heavy atom. The highest BCUT2D eigenvalue weighted by Gasteiger charge is 2.19. The number of ether oxygens (including phenoxy) is 2. The van der Waals surface area contributed by atoms with Gasteiger partial charge in [0.15, 0.2) is 0 Å². The van der Waals surface area contributed by atoms with Crippen molar-refractivity contribution >= 4 is 0 Å². The number of hydrogen-bond acceptors (Lipinski definition) is 4. The van der Waals surface area contributed by atoms with Crippen molar-refractivity contribution in [1.29, 1.82) is 0 Å². The molecule has 0 bridgehead atoms. The van der Waals surface area contributed by atoms with Gasteiger partial charge in [0.05, 0.1) is 12.7 Å². The van der Waals surface area contributed by atoms with Crippen LogP contribution in [0.5, 0.6) is 5.75 Å². The molecule has 0 amide bonds. The number of hydrogen-bond donors (Lipinski definition) is 2. The van der Waals surface area contributed by atoms with Crippen LogP contribution >= 0.6 is 0 Å². The van der Waals surface area contributed by atoms with Crippen LogP contribution in [-0.2, 0) is 11.3 Å². The molecule has 0 aliphatic rings. The molecule has 108 valence electrons. The monoisotopic (exact) mass is 271 g/mol. The molecule has 0 heterocycles. The Morgan fingerprint density at radius 2 is 2.11 bits per heavy atom. The van der Waals surface area contributed by atoms with Crippen LogP contribution in [0.25, 0.3) is 0 Å². The van der Waals surface area contributed by atoms with E-state index in [9.17, 15) is 9.50 Å². The van der Waals surface area contributed by atoms with Gasteiger partial charge in [0.1, 0.15) is 11.6 Å². The second kappa shape index (κ2) is 7.43. The van der Waals surface area contributed by atoms with E-state index in [-0.39, 0.29) is 5.82 Å². The van der Waals surface area contributed by atoms with Crippen LogP contribution in [0.2, 0.25) is 0 Å². The van der Waals surface area contributed by atoms with Gasteiger partial charge in [-0.3, -0.25) is 0 Å². The Labute approximate surface area is 113 Å². The number of methoxy groups -OCH3 is 2. The summed E-state index contributed by atoms with van der Waals surface area (Å²) in [6, 6.07) is 4.73. The van der Waals surface area contributed by atoms with E-state index in [1.165, 1.54) is 13.2 Å². The lowest BCUT2D eigenvalue weighted by molar-refractivity contribution is 0.0247. The Hall–Kier alpha value is -1.17. The summed E-state index contributed by atoms with van der Waals surface area (Å²) in [5.41, 5.74) is -0.317. The molecule has 1 aromatic carbocycles. The molecule has 4 nitrogen and oxygen atoms in total. The predicted molar refractivity (Wildman–Crippen MR) is 71.8 cm³/mol. The van der Waals surface area contributed by atoms with Gasteiger partial charge < -0.3 is 19.9 Å². The molecule has 19 heavy (non-hydrogen) atoms. The molecular weight excluding hydrogens is 249 g/mol. The first-order valence-electron chi connectivity index (χ1n) is 6.23. The largest absolute Gasteiger partial charge is 0.497 e. The summed E-state index contributed by atoms with van der Waals surface area (Å²) in [7, 11) is 3.09. The van der Waals surface area contributed by atoms with Crippen LogP contribution in [0.1, 0.15) is 18.9 Å². The van der Waals surface area contributed by atoms with Gasteiger partial charge >= 0.3 is 0 Å². The van der Waals surface area contributed by atoms with Crippen LogP contribution in [-0.4, -0.2) is 38.1 Å². The number of aliphatic hydroxyl groups is 1. The Morgan fingerprint density at radius 3 is 2.68 bits per heavy atom. The van der Waals surface area contributed by atoms with Gasteiger partial charge in [-0.1, -0.05) is 6.07 Å². The van der Waals surface area contributed by atoms with Gasteiger partial charge in [0.25, 0.3) is 0 Å². The normalized spacial score (nSPS) is 14.2. The average molecular weight is 271 g/mol. The third-order valence-electron chi connectivity index (χ3n) is 2.93. The fourth-order valence-corrected chi connectivity index (χ4v) is 1.68. The van der Waals surface area contributed by atoms with E-state index < -0.39 is 5.60 Å². The van der Waals surface area contributed by atoms with E-state index in [1.807, 2.05) is 0 Å². The van der Waals surface area contributed by atoms with Crippen LogP contribution in [0.3, 0.4) is 0 Å². The lowest BCUT2D eigenvalue weighted by Crippen LogP contribution is -2.38. The van der Waals surface area contributed by atoms with Gasteiger partial charge in [0, 0.05) is 44.9 Å². The minimum Gasteiger partial charge on any atom is -0.497 e. The zero-order valence-electron chi connectivity index (χ0n) is 11.7. The van der Waals surface area contributed by atoms with E-state index in [2.05, 4.69) is 5.32 Å². The van der Waals surface area contributed by atoms with Crippen LogP contribution < -0.4 is 10.1 Å². The third-order valence-corrected chi connectivity index (χ3v) is 2.93. The molecule has 5 heteroatoms. The van der Waals surface area contributed by atoms with E-state index in [1.54, 1.807) is 26.2 Å². The maximum atomic E-state index is 13.7. The van der Waals surface area contributed by atoms with Crippen molar-refractivity contribution in [3.8, 4) is 5.75 Å². The van der Waals surface area contributed by atoms with Gasteiger partial charge in [-0.25, -0.2) is 4.39 Å². The Balaban J connectivity index is 2.44. The molecule has 2 N–H and O–H groups in total. The predicted octanol–water partition coefficient (Wildman–Crippen LogP) is 1.71.